The predicted molar refractivity (Wildman–Crippen MR) is 138 cm³/mol. The molecule has 31 heavy (non-hydrogen) atoms. The summed E-state index contributed by atoms with van der Waals surface area (Å²) < 4.78 is 2.75. The molecule has 0 bridgehead atoms. The average molecular weight is 414 g/mol. The summed E-state index contributed by atoms with van der Waals surface area (Å²) in [6.45, 7) is 2.10. The van der Waals surface area contributed by atoms with Crippen LogP contribution in [0.2, 0.25) is 0 Å². The molecular formula is C29H19NS. The fourth-order valence-corrected chi connectivity index (χ4v) is 6.59. The Morgan fingerprint density at radius 3 is 2.03 bits per heavy atom. The van der Waals surface area contributed by atoms with E-state index in [1.54, 1.807) is 0 Å². The number of nitrogens with one attached hydrogen (secondary N) is 1. The number of aromatic amines is 1. The number of H-pyrrole nitrogens is 1. The minimum atomic E-state index is 1.20. The van der Waals surface area contributed by atoms with Gasteiger partial charge in [-0.25, -0.2) is 0 Å². The Kier molecular flexibility index (Phi) is 3.42. The zero-order chi connectivity index (χ0) is 20.5. The number of aromatic nitrogens is 1. The monoisotopic (exact) mass is 413 g/mol. The summed E-state index contributed by atoms with van der Waals surface area (Å²) in [4.78, 5) is 3.68. The molecule has 0 atom stereocenters. The normalized spacial score (nSPS) is 12.5. The summed E-state index contributed by atoms with van der Waals surface area (Å²) in [5.41, 5.74) is 3.69. The number of para-hydroxylation sites is 1. The fraction of sp³-hybridized carbons (Fsp3) is 0.0345. The molecule has 0 unspecified atom stereocenters. The molecule has 0 aliphatic carbocycles. The molecule has 146 valence electrons. The number of rotatable bonds is 1. The molecule has 0 saturated carbocycles. The first-order valence-electron chi connectivity index (χ1n) is 10.7. The first-order valence-corrected chi connectivity index (χ1v) is 11.5. The third kappa shape index (κ3) is 2.20. The Balaban J connectivity index is 1.90. The molecule has 1 N–H and O–H groups in total. The third-order valence-electron chi connectivity index (χ3n) is 6.46. The molecule has 0 fully saturated rings. The van der Waals surface area contributed by atoms with E-state index in [9.17, 15) is 0 Å². The summed E-state index contributed by atoms with van der Waals surface area (Å²) in [5.74, 6) is 0. The van der Waals surface area contributed by atoms with Crippen molar-refractivity contribution >= 4 is 80.9 Å². The Labute approximate surface area is 183 Å². The van der Waals surface area contributed by atoms with Crippen LogP contribution in [-0.4, -0.2) is 4.98 Å². The molecule has 0 saturated heterocycles. The van der Waals surface area contributed by atoms with Gasteiger partial charge in [0.25, 0.3) is 0 Å². The number of benzene rings is 5. The van der Waals surface area contributed by atoms with Gasteiger partial charge in [0.05, 0.1) is 0 Å². The maximum Gasteiger partial charge on any atom is 0.0478 e. The lowest BCUT2D eigenvalue weighted by Crippen LogP contribution is -1.81. The number of hydrogen-bond acceptors (Lipinski definition) is 1. The fourth-order valence-electron chi connectivity index (χ4n) is 5.24. The van der Waals surface area contributed by atoms with Crippen molar-refractivity contribution in [3.63, 3.8) is 0 Å². The van der Waals surface area contributed by atoms with Gasteiger partial charge in [-0.05, 0) is 40.8 Å². The zero-order valence-electron chi connectivity index (χ0n) is 17.1. The topological polar surface area (TPSA) is 15.8 Å². The smallest absolute Gasteiger partial charge is 0.0478 e. The minimum absolute atomic E-state index is 1.20. The van der Waals surface area contributed by atoms with Gasteiger partial charge in [-0.15, -0.1) is 11.3 Å². The standard InChI is InChI=1S/C29H19NS/c1-2-9-17-16-24-25(22-14-7-8-15-23(22)30-24)27-26-20-12-5-3-10-18(20)19-11-4-6-13-21(19)29(26)31-28(17)27/h2-16,30H,1H3/b9-2+. The predicted octanol–water partition coefficient (Wildman–Crippen LogP) is 9.03. The first kappa shape index (κ1) is 17.1. The summed E-state index contributed by atoms with van der Waals surface area (Å²) in [7, 11) is 0. The van der Waals surface area contributed by atoms with Gasteiger partial charge in [0.1, 0.15) is 0 Å². The summed E-state index contributed by atoms with van der Waals surface area (Å²) in [6, 6.07) is 28.7. The lowest BCUT2D eigenvalue weighted by atomic mass is 9.95. The van der Waals surface area contributed by atoms with Crippen LogP contribution in [0.1, 0.15) is 12.5 Å². The molecule has 0 spiro atoms. The Bertz CT molecular complexity index is 1850. The highest BCUT2D eigenvalue weighted by molar-refractivity contribution is 7.27. The minimum Gasteiger partial charge on any atom is -0.354 e. The van der Waals surface area contributed by atoms with E-state index in [-0.39, 0.29) is 0 Å². The Morgan fingerprint density at radius 1 is 0.613 bits per heavy atom. The number of hydrogen-bond donors (Lipinski definition) is 1. The van der Waals surface area contributed by atoms with Gasteiger partial charge in [-0.3, -0.25) is 0 Å². The van der Waals surface area contributed by atoms with E-state index in [4.69, 9.17) is 0 Å². The lowest BCUT2D eigenvalue weighted by Gasteiger charge is -2.07. The van der Waals surface area contributed by atoms with Crippen molar-refractivity contribution in [1.82, 2.24) is 4.98 Å². The van der Waals surface area contributed by atoms with E-state index in [0.717, 1.165) is 0 Å². The molecule has 0 amide bonds. The van der Waals surface area contributed by atoms with E-state index in [1.807, 2.05) is 11.3 Å². The Hall–Kier alpha value is -3.62. The highest BCUT2D eigenvalue weighted by Crippen LogP contribution is 2.48. The van der Waals surface area contributed by atoms with Crippen molar-refractivity contribution in [3.8, 4) is 0 Å². The first-order chi connectivity index (χ1) is 15.3. The van der Waals surface area contributed by atoms with Crippen LogP contribution in [-0.2, 0) is 0 Å². The molecule has 2 heteroatoms. The highest BCUT2D eigenvalue weighted by atomic mass is 32.1. The molecule has 2 aromatic heterocycles. The second kappa shape index (κ2) is 6.19. The SMILES string of the molecule is C/C=C/c1cc2[nH]c3ccccc3c2c2c1sc1c3ccccc3c3ccccc3c12. The van der Waals surface area contributed by atoms with Crippen LogP contribution in [0.3, 0.4) is 0 Å². The maximum atomic E-state index is 3.68. The van der Waals surface area contributed by atoms with Crippen molar-refractivity contribution in [3.05, 3.63) is 90.5 Å². The number of fused-ring (bicyclic) bond motifs is 12. The Morgan fingerprint density at radius 2 is 1.26 bits per heavy atom. The lowest BCUT2D eigenvalue weighted by molar-refractivity contribution is 1.55. The third-order valence-corrected chi connectivity index (χ3v) is 7.73. The van der Waals surface area contributed by atoms with E-state index >= 15 is 0 Å². The second-order valence-corrected chi connectivity index (χ2v) is 9.18. The van der Waals surface area contributed by atoms with Gasteiger partial charge in [-0.1, -0.05) is 78.9 Å². The van der Waals surface area contributed by atoms with E-state index in [0.29, 0.717) is 0 Å². The van der Waals surface area contributed by atoms with Crippen LogP contribution in [0, 0.1) is 0 Å². The molecule has 2 heterocycles. The van der Waals surface area contributed by atoms with Gasteiger partial charge >= 0.3 is 0 Å². The summed E-state index contributed by atoms with van der Waals surface area (Å²) in [6.07, 6.45) is 4.39. The largest absolute Gasteiger partial charge is 0.354 e. The van der Waals surface area contributed by atoms with Crippen LogP contribution < -0.4 is 0 Å². The molecule has 0 radical (unpaired) electrons. The summed E-state index contributed by atoms with van der Waals surface area (Å²) >= 11 is 1.93. The molecule has 7 rings (SSSR count). The molecule has 7 aromatic rings. The van der Waals surface area contributed by atoms with E-state index < -0.39 is 0 Å². The van der Waals surface area contributed by atoms with Gasteiger partial charge in [-0.2, -0.15) is 0 Å². The van der Waals surface area contributed by atoms with Crippen molar-refractivity contribution < 1.29 is 0 Å². The van der Waals surface area contributed by atoms with Crippen LogP contribution in [0.15, 0.2) is 84.9 Å². The number of allylic oxidation sites excluding steroid dienone is 1. The molecule has 0 aliphatic heterocycles. The van der Waals surface area contributed by atoms with Gasteiger partial charge < -0.3 is 4.98 Å². The molecule has 0 aliphatic rings. The van der Waals surface area contributed by atoms with Crippen LogP contribution in [0.5, 0.6) is 0 Å². The van der Waals surface area contributed by atoms with Crippen LogP contribution in [0.25, 0.3) is 69.6 Å². The van der Waals surface area contributed by atoms with Crippen molar-refractivity contribution in [2.24, 2.45) is 0 Å². The highest BCUT2D eigenvalue weighted by Gasteiger charge is 2.19. The van der Waals surface area contributed by atoms with Crippen molar-refractivity contribution in [1.29, 1.82) is 0 Å². The van der Waals surface area contributed by atoms with Crippen LogP contribution >= 0.6 is 11.3 Å². The average Bonchev–Trinajstić information content (AvgIpc) is 3.38. The van der Waals surface area contributed by atoms with Gasteiger partial charge in [0.15, 0.2) is 0 Å². The maximum absolute atomic E-state index is 3.68. The van der Waals surface area contributed by atoms with Crippen molar-refractivity contribution in [2.45, 2.75) is 6.92 Å². The van der Waals surface area contributed by atoms with Crippen LogP contribution in [0.4, 0.5) is 0 Å². The number of thiophene rings is 1. The van der Waals surface area contributed by atoms with E-state index in [2.05, 4.69) is 103 Å². The van der Waals surface area contributed by atoms with E-state index in [1.165, 1.54) is 69.1 Å². The summed E-state index contributed by atoms with van der Waals surface area (Å²) in [5, 5.41) is 10.7. The molecule has 1 nitrogen and oxygen atoms in total. The van der Waals surface area contributed by atoms with Crippen molar-refractivity contribution in [2.75, 3.05) is 0 Å². The van der Waals surface area contributed by atoms with Gasteiger partial charge in [0.2, 0.25) is 0 Å². The zero-order valence-corrected chi connectivity index (χ0v) is 17.9. The molecular weight excluding hydrogens is 394 g/mol. The second-order valence-electron chi connectivity index (χ2n) is 8.16. The quantitative estimate of drug-likeness (QED) is 0.258. The molecule has 5 aromatic carbocycles. The van der Waals surface area contributed by atoms with Gasteiger partial charge in [0, 0.05) is 47.4 Å².